The Hall–Kier alpha value is -1.65. The maximum absolute atomic E-state index is 12.3. The predicted octanol–water partition coefficient (Wildman–Crippen LogP) is 5.22. The highest BCUT2D eigenvalue weighted by molar-refractivity contribution is 5.85. The van der Waals surface area contributed by atoms with E-state index in [0.717, 1.165) is 22.9 Å². The van der Waals surface area contributed by atoms with Crippen molar-refractivity contribution in [3.05, 3.63) is 30.0 Å². The number of H-pyrrole nitrogens is 1. The molecule has 0 bridgehead atoms. The Morgan fingerprint density at radius 1 is 1.25 bits per heavy atom. The molecule has 0 spiro atoms. The van der Waals surface area contributed by atoms with Crippen molar-refractivity contribution in [1.29, 1.82) is 0 Å². The molecule has 0 aliphatic carbocycles. The summed E-state index contributed by atoms with van der Waals surface area (Å²) in [7, 11) is 0. The number of benzene rings is 1. The lowest BCUT2D eigenvalue weighted by atomic mass is 9.86. The van der Waals surface area contributed by atoms with E-state index in [0.29, 0.717) is 11.8 Å². The first-order valence-electron chi connectivity index (χ1n) is 6.68. The molecular weight excluding hydrogens is 267 g/mol. The summed E-state index contributed by atoms with van der Waals surface area (Å²) >= 11 is 0. The molecule has 1 unspecified atom stereocenters. The van der Waals surface area contributed by atoms with Crippen LogP contribution in [0.2, 0.25) is 0 Å². The summed E-state index contributed by atoms with van der Waals surface area (Å²) in [6.45, 7) is 6.31. The van der Waals surface area contributed by atoms with Crippen LogP contribution in [0, 0.1) is 5.92 Å². The van der Waals surface area contributed by atoms with E-state index in [4.69, 9.17) is 0 Å². The standard InChI is InChI=1S/C15H18F3NO/c1-4-11(9(2)3)13-8-19-14-6-5-10(7-12(13)14)20-15(16,17)18/h5-9,11,19H,4H2,1-3H3. The third-order valence-corrected chi connectivity index (χ3v) is 3.56. The second kappa shape index (κ2) is 5.38. The smallest absolute Gasteiger partial charge is 0.406 e. The lowest BCUT2D eigenvalue weighted by molar-refractivity contribution is -0.274. The molecular formula is C15H18F3NO. The summed E-state index contributed by atoms with van der Waals surface area (Å²) in [5.41, 5.74) is 1.87. The molecule has 0 aliphatic heterocycles. The van der Waals surface area contributed by atoms with Crippen molar-refractivity contribution >= 4 is 10.9 Å². The van der Waals surface area contributed by atoms with Gasteiger partial charge in [0.2, 0.25) is 0 Å². The Bertz CT molecular complexity index is 586. The van der Waals surface area contributed by atoms with Crippen LogP contribution in [0.1, 0.15) is 38.7 Å². The monoisotopic (exact) mass is 285 g/mol. The summed E-state index contributed by atoms with van der Waals surface area (Å²) in [5, 5.41) is 0.798. The molecule has 2 rings (SSSR count). The highest BCUT2D eigenvalue weighted by Gasteiger charge is 2.31. The van der Waals surface area contributed by atoms with E-state index in [-0.39, 0.29) is 5.75 Å². The Kier molecular flexibility index (Phi) is 3.97. The van der Waals surface area contributed by atoms with Gasteiger partial charge in [-0.1, -0.05) is 20.8 Å². The molecule has 1 N–H and O–H groups in total. The van der Waals surface area contributed by atoms with Gasteiger partial charge in [-0.25, -0.2) is 0 Å². The highest BCUT2D eigenvalue weighted by atomic mass is 19.4. The third kappa shape index (κ3) is 3.08. The molecule has 0 radical (unpaired) electrons. The molecule has 1 atom stereocenters. The molecule has 0 saturated carbocycles. The molecule has 0 saturated heterocycles. The van der Waals surface area contributed by atoms with E-state index < -0.39 is 6.36 Å². The Morgan fingerprint density at radius 2 is 1.95 bits per heavy atom. The number of halogens is 3. The number of ether oxygens (including phenoxy) is 1. The van der Waals surface area contributed by atoms with Crippen LogP contribution >= 0.6 is 0 Å². The van der Waals surface area contributed by atoms with Gasteiger partial charge < -0.3 is 9.72 Å². The first kappa shape index (κ1) is 14.8. The summed E-state index contributed by atoms with van der Waals surface area (Å²) in [4.78, 5) is 3.11. The number of fused-ring (bicyclic) bond motifs is 1. The van der Waals surface area contributed by atoms with E-state index in [2.05, 4.69) is 30.5 Å². The van der Waals surface area contributed by atoms with E-state index in [1.165, 1.54) is 12.1 Å². The summed E-state index contributed by atoms with van der Waals surface area (Å²) in [6.07, 6.45) is -1.84. The fourth-order valence-corrected chi connectivity index (χ4v) is 2.68. The molecule has 0 fully saturated rings. The maximum atomic E-state index is 12.3. The number of nitrogens with one attached hydrogen (secondary N) is 1. The minimum atomic E-state index is -4.66. The van der Waals surface area contributed by atoms with Crippen LogP contribution in [-0.4, -0.2) is 11.3 Å². The first-order valence-corrected chi connectivity index (χ1v) is 6.68. The second-order valence-electron chi connectivity index (χ2n) is 5.26. The van der Waals surface area contributed by atoms with Crippen molar-refractivity contribution in [2.24, 2.45) is 5.92 Å². The van der Waals surface area contributed by atoms with E-state index in [1.54, 1.807) is 6.07 Å². The number of alkyl halides is 3. The van der Waals surface area contributed by atoms with Gasteiger partial charge in [0, 0.05) is 17.1 Å². The van der Waals surface area contributed by atoms with E-state index in [9.17, 15) is 13.2 Å². The van der Waals surface area contributed by atoms with Gasteiger partial charge >= 0.3 is 6.36 Å². The molecule has 2 nitrogen and oxygen atoms in total. The minimum absolute atomic E-state index is 0.176. The van der Waals surface area contributed by atoms with Crippen LogP contribution in [0.4, 0.5) is 13.2 Å². The van der Waals surface area contributed by atoms with E-state index in [1.807, 2.05) is 6.20 Å². The normalized spacial score (nSPS) is 13.9. The van der Waals surface area contributed by atoms with Crippen LogP contribution in [0.15, 0.2) is 24.4 Å². The topological polar surface area (TPSA) is 25.0 Å². The number of aromatic nitrogens is 1. The average Bonchev–Trinajstić information content (AvgIpc) is 2.71. The fourth-order valence-electron chi connectivity index (χ4n) is 2.68. The lowest BCUT2D eigenvalue weighted by Gasteiger charge is -2.18. The zero-order valence-electron chi connectivity index (χ0n) is 11.7. The summed E-state index contributed by atoms with van der Waals surface area (Å²) < 4.78 is 40.9. The SMILES string of the molecule is CCC(c1c[nH]c2ccc(OC(F)(F)F)cc12)C(C)C. The Morgan fingerprint density at radius 3 is 2.50 bits per heavy atom. The quantitative estimate of drug-likeness (QED) is 0.819. The molecule has 5 heteroatoms. The van der Waals surface area contributed by atoms with Gasteiger partial charge in [-0.15, -0.1) is 13.2 Å². The summed E-state index contributed by atoms with van der Waals surface area (Å²) in [5.74, 6) is 0.556. The van der Waals surface area contributed by atoms with Gasteiger partial charge in [0.1, 0.15) is 5.75 Å². The van der Waals surface area contributed by atoms with Crippen LogP contribution < -0.4 is 4.74 Å². The third-order valence-electron chi connectivity index (χ3n) is 3.56. The molecule has 1 heterocycles. The highest BCUT2D eigenvalue weighted by Crippen LogP contribution is 2.35. The molecule has 110 valence electrons. The molecule has 20 heavy (non-hydrogen) atoms. The molecule has 0 aliphatic rings. The van der Waals surface area contributed by atoms with Gasteiger partial charge in [0.25, 0.3) is 0 Å². The Balaban J connectivity index is 2.44. The van der Waals surface area contributed by atoms with E-state index >= 15 is 0 Å². The van der Waals surface area contributed by atoms with Crippen molar-refractivity contribution in [1.82, 2.24) is 4.98 Å². The van der Waals surface area contributed by atoms with Crippen LogP contribution in [0.25, 0.3) is 10.9 Å². The number of hydrogen-bond donors (Lipinski definition) is 1. The number of hydrogen-bond acceptors (Lipinski definition) is 1. The van der Waals surface area contributed by atoms with Crippen LogP contribution in [0.3, 0.4) is 0 Å². The predicted molar refractivity (Wildman–Crippen MR) is 72.9 cm³/mol. The summed E-state index contributed by atoms with van der Waals surface area (Å²) in [6, 6.07) is 4.40. The zero-order chi connectivity index (χ0) is 14.9. The van der Waals surface area contributed by atoms with Crippen molar-refractivity contribution in [3.8, 4) is 5.75 Å². The van der Waals surface area contributed by atoms with Crippen LogP contribution in [0.5, 0.6) is 5.75 Å². The Labute approximate surface area is 115 Å². The molecule has 1 aromatic heterocycles. The number of rotatable bonds is 4. The minimum Gasteiger partial charge on any atom is -0.406 e. The maximum Gasteiger partial charge on any atom is 0.573 e. The van der Waals surface area contributed by atoms with Crippen molar-refractivity contribution in [3.63, 3.8) is 0 Å². The molecule has 1 aromatic carbocycles. The largest absolute Gasteiger partial charge is 0.573 e. The number of aromatic amines is 1. The van der Waals surface area contributed by atoms with Gasteiger partial charge in [-0.2, -0.15) is 0 Å². The van der Waals surface area contributed by atoms with Crippen molar-refractivity contribution in [2.75, 3.05) is 0 Å². The lowest BCUT2D eigenvalue weighted by Crippen LogP contribution is -2.17. The van der Waals surface area contributed by atoms with Gasteiger partial charge in [-0.05, 0) is 42.0 Å². The van der Waals surface area contributed by atoms with Crippen molar-refractivity contribution < 1.29 is 17.9 Å². The average molecular weight is 285 g/mol. The van der Waals surface area contributed by atoms with Crippen molar-refractivity contribution in [2.45, 2.75) is 39.5 Å². The first-order chi connectivity index (χ1) is 9.31. The van der Waals surface area contributed by atoms with Gasteiger partial charge in [0.15, 0.2) is 0 Å². The van der Waals surface area contributed by atoms with Crippen LogP contribution in [-0.2, 0) is 0 Å². The molecule has 2 aromatic rings. The zero-order valence-corrected chi connectivity index (χ0v) is 11.7. The van der Waals surface area contributed by atoms with Gasteiger partial charge in [-0.3, -0.25) is 0 Å². The second-order valence-corrected chi connectivity index (χ2v) is 5.26. The van der Waals surface area contributed by atoms with Gasteiger partial charge in [0.05, 0.1) is 0 Å². The fraction of sp³-hybridized carbons (Fsp3) is 0.467. The molecule has 0 amide bonds.